The Bertz CT molecular complexity index is 923. The van der Waals surface area contributed by atoms with Crippen molar-refractivity contribution in [2.45, 2.75) is 0 Å². The number of ether oxygens (including phenoxy) is 2. The molecule has 0 aromatic heterocycles. The second-order valence-corrected chi connectivity index (χ2v) is 6.91. The van der Waals surface area contributed by atoms with Crippen molar-refractivity contribution in [1.29, 1.82) is 5.26 Å². The fourth-order valence-electron chi connectivity index (χ4n) is 2.13. The molecule has 0 saturated carbocycles. The minimum Gasteiger partial charge on any atom is -0.493 e. The van der Waals surface area contributed by atoms with E-state index in [0.29, 0.717) is 27.8 Å². The molecule has 0 aliphatic carbocycles. The lowest BCUT2D eigenvalue weighted by atomic mass is 10.1. The SMILES string of the molecule is COc1cc(/C=C(\C#N)C(=O)Nc2cccc(Cl)c2Cl)cc(I)c1OC. The molecular formula is C18H13Cl2IN2O3. The second-order valence-electron chi connectivity index (χ2n) is 4.96. The van der Waals surface area contributed by atoms with Crippen molar-refractivity contribution in [3.63, 3.8) is 0 Å². The standard InChI is InChI=1S/C18H13Cl2IN2O3/c1-25-15-8-10(7-13(21)17(15)26-2)6-11(9-22)18(24)23-14-5-3-4-12(19)16(14)20/h3-8H,1-2H3,(H,23,24)/b11-6+. The van der Waals surface area contributed by atoms with Crippen LogP contribution in [0.1, 0.15) is 5.56 Å². The molecule has 0 spiro atoms. The largest absolute Gasteiger partial charge is 0.493 e. The van der Waals surface area contributed by atoms with Crippen molar-refractivity contribution < 1.29 is 14.3 Å². The topological polar surface area (TPSA) is 71.3 Å². The molecule has 0 bridgehead atoms. The molecule has 1 amide bonds. The smallest absolute Gasteiger partial charge is 0.266 e. The van der Waals surface area contributed by atoms with Gasteiger partial charge >= 0.3 is 0 Å². The Kier molecular flexibility index (Phi) is 7.14. The highest BCUT2D eigenvalue weighted by molar-refractivity contribution is 14.1. The fourth-order valence-corrected chi connectivity index (χ4v) is 3.32. The Hall–Kier alpha value is -1.95. The maximum absolute atomic E-state index is 12.4. The number of carbonyl (C=O) groups excluding carboxylic acids is 1. The lowest BCUT2D eigenvalue weighted by molar-refractivity contribution is -0.112. The van der Waals surface area contributed by atoms with Crippen LogP contribution in [0.3, 0.4) is 0 Å². The molecule has 2 aromatic carbocycles. The van der Waals surface area contributed by atoms with Gasteiger partial charge in [0.15, 0.2) is 11.5 Å². The molecule has 0 heterocycles. The van der Waals surface area contributed by atoms with Crippen LogP contribution in [0.4, 0.5) is 5.69 Å². The van der Waals surface area contributed by atoms with Crippen molar-refractivity contribution in [3.05, 3.63) is 55.1 Å². The van der Waals surface area contributed by atoms with E-state index in [1.54, 1.807) is 37.4 Å². The summed E-state index contributed by atoms with van der Waals surface area (Å²) < 4.78 is 11.3. The normalized spacial score (nSPS) is 10.8. The summed E-state index contributed by atoms with van der Waals surface area (Å²) in [6.45, 7) is 0. The number of carbonyl (C=O) groups is 1. The van der Waals surface area contributed by atoms with Crippen LogP contribution in [0.15, 0.2) is 35.9 Å². The Morgan fingerprint density at radius 2 is 2.00 bits per heavy atom. The average molecular weight is 503 g/mol. The molecule has 0 unspecified atom stereocenters. The number of hydrogen-bond acceptors (Lipinski definition) is 4. The predicted octanol–water partition coefficient (Wildman–Crippen LogP) is 5.16. The van der Waals surface area contributed by atoms with Crippen molar-refractivity contribution in [3.8, 4) is 17.6 Å². The van der Waals surface area contributed by atoms with Crippen LogP contribution in [0.25, 0.3) is 6.08 Å². The molecule has 1 N–H and O–H groups in total. The van der Waals surface area contributed by atoms with Gasteiger partial charge in [0.1, 0.15) is 11.6 Å². The van der Waals surface area contributed by atoms with Crippen LogP contribution in [0.2, 0.25) is 10.0 Å². The number of halogens is 3. The van der Waals surface area contributed by atoms with Gasteiger partial charge in [-0.2, -0.15) is 5.26 Å². The molecule has 8 heteroatoms. The first-order valence-electron chi connectivity index (χ1n) is 7.20. The molecule has 5 nitrogen and oxygen atoms in total. The number of nitriles is 1. The number of nitrogens with one attached hydrogen (secondary N) is 1. The monoisotopic (exact) mass is 502 g/mol. The summed E-state index contributed by atoms with van der Waals surface area (Å²) in [4.78, 5) is 12.4. The summed E-state index contributed by atoms with van der Waals surface area (Å²) >= 11 is 14.1. The Morgan fingerprint density at radius 1 is 1.27 bits per heavy atom. The first-order chi connectivity index (χ1) is 12.4. The molecule has 0 atom stereocenters. The van der Waals surface area contributed by atoms with Crippen molar-refractivity contribution in [2.75, 3.05) is 19.5 Å². The molecule has 2 rings (SSSR count). The Balaban J connectivity index is 2.36. The van der Waals surface area contributed by atoms with Crippen LogP contribution in [0.5, 0.6) is 11.5 Å². The van der Waals surface area contributed by atoms with Crippen LogP contribution in [-0.2, 0) is 4.79 Å². The third kappa shape index (κ3) is 4.61. The highest BCUT2D eigenvalue weighted by atomic mass is 127. The van der Waals surface area contributed by atoms with E-state index in [1.165, 1.54) is 13.2 Å². The number of nitrogens with zero attached hydrogens (tertiary/aromatic N) is 1. The zero-order chi connectivity index (χ0) is 19.3. The second kappa shape index (κ2) is 9.12. The highest BCUT2D eigenvalue weighted by Gasteiger charge is 2.15. The minimum absolute atomic E-state index is 0.0935. The number of methoxy groups -OCH3 is 2. The van der Waals surface area contributed by atoms with Gasteiger partial charge in [-0.15, -0.1) is 0 Å². The molecular weight excluding hydrogens is 490 g/mol. The fraction of sp³-hybridized carbons (Fsp3) is 0.111. The van der Waals surface area contributed by atoms with Gasteiger partial charge < -0.3 is 14.8 Å². The first-order valence-corrected chi connectivity index (χ1v) is 9.03. The number of benzene rings is 2. The average Bonchev–Trinajstić information content (AvgIpc) is 2.62. The number of rotatable bonds is 5. The molecule has 0 radical (unpaired) electrons. The van der Waals surface area contributed by atoms with E-state index in [4.69, 9.17) is 32.7 Å². The van der Waals surface area contributed by atoms with Gasteiger partial charge in [0, 0.05) is 0 Å². The van der Waals surface area contributed by atoms with E-state index >= 15 is 0 Å². The van der Waals surface area contributed by atoms with Gasteiger partial charge in [-0.1, -0.05) is 29.3 Å². The highest BCUT2D eigenvalue weighted by Crippen LogP contribution is 2.34. The van der Waals surface area contributed by atoms with Crippen molar-refractivity contribution in [1.82, 2.24) is 0 Å². The van der Waals surface area contributed by atoms with Gasteiger partial charge in [0.2, 0.25) is 0 Å². The zero-order valence-electron chi connectivity index (χ0n) is 13.8. The van der Waals surface area contributed by atoms with E-state index in [9.17, 15) is 10.1 Å². The van der Waals surface area contributed by atoms with E-state index in [1.807, 2.05) is 6.07 Å². The molecule has 0 saturated heterocycles. The van der Waals surface area contributed by atoms with Crippen LogP contribution >= 0.6 is 45.8 Å². The maximum atomic E-state index is 12.4. The Morgan fingerprint density at radius 3 is 2.62 bits per heavy atom. The summed E-state index contributed by atoms with van der Waals surface area (Å²) in [5, 5.41) is 12.5. The van der Waals surface area contributed by atoms with E-state index in [2.05, 4.69) is 27.9 Å². The minimum atomic E-state index is -0.596. The van der Waals surface area contributed by atoms with Crippen molar-refractivity contribution in [2.24, 2.45) is 0 Å². The van der Waals surface area contributed by atoms with Crippen LogP contribution in [0, 0.1) is 14.9 Å². The van der Waals surface area contributed by atoms with E-state index < -0.39 is 5.91 Å². The summed E-state index contributed by atoms with van der Waals surface area (Å²) in [6.07, 6.45) is 1.46. The Labute approximate surface area is 174 Å². The summed E-state index contributed by atoms with van der Waals surface area (Å²) in [6, 6.07) is 10.2. The maximum Gasteiger partial charge on any atom is 0.266 e. The van der Waals surface area contributed by atoms with Gasteiger partial charge in [-0.05, 0) is 58.5 Å². The number of anilines is 1. The molecule has 134 valence electrons. The van der Waals surface area contributed by atoms with Gasteiger partial charge in [0.25, 0.3) is 5.91 Å². The third-order valence-electron chi connectivity index (χ3n) is 3.33. The molecule has 0 aliphatic rings. The van der Waals surface area contributed by atoms with E-state index in [-0.39, 0.29) is 10.6 Å². The van der Waals surface area contributed by atoms with Gasteiger partial charge in [0.05, 0.1) is 33.5 Å². The molecule has 2 aromatic rings. The quantitative estimate of drug-likeness (QED) is 0.348. The van der Waals surface area contributed by atoms with Crippen LogP contribution < -0.4 is 14.8 Å². The lowest BCUT2D eigenvalue weighted by Crippen LogP contribution is -2.13. The predicted molar refractivity (Wildman–Crippen MR) is 111 cm³/mol. The molecule has 0 fully saturated rings. The van der Waals surface area contributed by atoms with Gasteiger partial charge in [-0.25, -0.2) is 0 Å². The summed E-state index contributed by atoms with van der Waals surface area (Å²) in [5.74, 6) is 0.488. The summed E-state index contributed by atoms with van der Waals surface area (Å²) in [7, 11) is 3.05. The van der Waals surface area contributed by atoms with Gasteiger partial charge in [-0.3, -0.25) is 4.79 Å². The molecule has 26 heavy (non-hydrogen) atoms. The van der Waals surface area contributed by atoms with Crippen molar-refractivity contribution >= 4 is 63.5 Å². The molecule has 0 aliphatic heterocycles. The zero-order valence-corrected chi connectivity index (χ0v) is 17.4. The van der Waals surface area contributed by atoms with E-state index in [0.717, 1.165) is 3.57 Å². The van der Waals surface area contributed by atoms with Crippen LogP contribution in [-0.4, -0.2) is 20.1 Å². The lowest BCUT2D eigenvalue weighted by Gasteiger charge is -2.11. The number of amides is 1. The summed E-state index contributed by atoms with van der Waals surface area (Å²) in [5.41, 5.74) is 0.854. The third-order valence-corrected chi connectivity index (χ3v) is 4.95. The first kappa shape index (κ1) is 20.4. The number of hydrogen-bond donors (Lipinski definition) is 1.